The van der Waals surface area contributed by atoms with E-state index in [9.17, 15) is 24.9 Å². The van der Waals surface area contributed by atoms with Crippen LogP contribution in [-0.4, -0.2) is 61.9 Å². The lowest BCUT2D eigenvalue weighted by molar-refractivity contribution is -0.143. The number of thiazole rings is 1. The van der Waals surface area contributed by atoms with Gasteiger partial charge in [0.25, 0.3) is 0 Å². The molecule has 1 unspecified atom stereocenters. The zero-order valence-corrected chi connectivity index (χ0v) is 23.1. The van der Waals surface area contributed by atoms with Crippen molar-refractivity contribution >= 4 is 29.1 Å². The van der Waals surface area contributed by atoms with Gasteiger partial charge in [-0.15, -0.1) is 11.3 Å². The number of nitrogens with one attached hydrogen (secondary N) is 1. The number of fused-ring (bicyclic) bond motifs is 1. The van der Waals surface area contributed by atoms with E-state index in [0.29, 0.717) is 11.4 Å². The highest BCUT2D eigenvalue weighted by molar-refractivity contribution is 7.09. The van der Waals surface area contributed by atoms with Crippen molar-refractivity contribution < 1.29 is 29.6 Å². The quantitative estimate of drug-likeness (QED) is 0.448. The molecule has 3 heterocycles. The Kier molecular flexibility index (Phi) is 9.15. The van der Waals surface area contributed by atoms with E-state index >= 15 is 0 Å². The lowest BCUT2D eigenvalue weighted by Crippen LogP contribution is -2.47. The summed E-state index contributed by atoms with van der Waals surface area (Å²) in [6.07, 6.45) is 2.67. The van der Waals surface area contributed by atoms with E-state index in [4.69, 9.17) is 4.74 Å². The minimum Gasteiger partial charge on any atom is -0.392 e. The number of aliphatic hydroxyl groups excluding tert-OH is 3. The van der Waals surface area contributed by atoms with Crippen molar-refractivity contribution in [1.29, 1.82) is 0 Å². The largest absolute Gasteiger partial charge is 0.392 e. The smallest absolute Gasteiger partial charge is 0.223 e. The van der Waals surface area contributed by atoms with Crippen LogP contribution in [0.1, 0.15) is 84.3 Å². The molecule has 2 aliphatic rings. The Morgan fingerprint density at radius 1 is 1.28 bits per heavy atom. The molecule has 0 radical (unpaired) electrons. The number of hydrogen-bond donors (Lipinski definition) is 4. The predicted octanol–water partition coefficient (Wildman–Crippen LogP) is 3.23. The third-order valence-corrected chi connectivity index (χ3v) is 8.99. The van der Waals surface area contributed by atoms with Crippen LogP contribution in [0.25, 0.3) is 6.08 Å². The number of hydrogen-bond acceptors (Lipinski definition) is 8. The molecule has 202 valence electrons. The van der Waals surface area contributed by atoms with Gasteiger partial charge in [-0.1, -0.05) is 34.1 Å². The van der Waals surface area contributed by atoms with Gasteiger partial charge in [-0.05, 0) is 44.3 Å². The monoisotopic (exact) mass is 522 g/mol. The number of nitrogens with zero attached hydrogens (tertiary/aromatic N) is 1. The van der Waals surface area contributed by atoms with Crippen LogP contribution < -0.4 is 5.32 Å². The fourth-order valence-electron chi connectivity index (χ4n) is 5.21. The van der Waals surface area contributed by atoms with E-state index < -0.39 is 23.5 Å². The third-order valence-electron chi connectivity index (χ3n) is 8.14. The van der Waals surface area contributed by atoms with E-state index in [1.807, 2.05) is 25.3 Å². The van der Waals surface area contributed by atoms with Crippen molar-refractivity contribution in [2.45, 2.75) is 110 Å². The SMILES string of the molecule is C/C(=C\c1csc(CO)n1)[C@@H]1CC2O[C@]2(C)CCC[C@H](C)[C@H](O)[C@@H](C)C(=O)C(C)(C)[C@@H](O)CC(=O)N1. The Morgan fingerprint density at radius 2 is 1.97 bits per heavy atom. The van der Waals surface area contributed by atoms with E-state index in [1.165, 1.54) is 11.3 Å². The topological polar surface area (TPSA) is 132 Å². The molecule has 0 aliphatic carbocycles. The Balaban J connectivity index is 1.85. The highest BCUT2D eigenvalue weighted by Gasteiger charge is 2.52. The molecular weight excluding hydrogens is 480 g/mol. The number of aromatic nitrogens is 1. The number of aliphatic hydroxyl groups is 3. The highest BCUT2D eigenvalue weighted by Crippen LogP contribution is 2.44. The zero-order chi connectivity index (χ0) is 26.8. The third kappa shape index (κ3) is 6.61. The molecule has 1 amide bonds. The van der Waals surface area contributed by atoms with Crippen molar-refractivity contribution in [2.75, 3.05) is 0 Å². The zero-order valence-electron chi connectivity index (χ0n) is 22.3. The Hall–Kier alpha value is -1.65. The second kappa shape index (κ2) is 11.4. The van der Waals surface area contributed by atoms with Gasteiger partial charge in [0.05, 0.1) is 54.1 Å². The Bertz CT molecular complexity index is 975. The standard InChI is InChI=1S/C27H42N2O6S/c1-15-8-7-9-27(6)21(35-27)11-19(16(2)10-18-14-36-23(13-30)28-18)29-22(32)12-20(31)26(4,5)25(34)17(3)24(15)33/h10,14-15,17,19-21,24,30-31,33H,7-9,11-13H2,1-6H3,(H,29,32)/b16-10+/t15-,17+,19-,20-,21?,24-,27+/m0/s1. The van der Waals surface area contributed by atoms with Gasteiger partial charge in [0.15, 0.2) is 0 Å². The Labute approximate surface area is 218 Å². The Morgan fingerprint density at radius 3 is 2.61 bits per heavy atom. The second-order valence-electron chi connectivity index (χ2n) is 11.4. The van der Waals surface area contributed by atoms with E-state index in [-0.39, 0.29) is 48.4 Å². The number of Topliss-reactive ketones (excluding diaryl/α,β-unsaturated/α-hetero) is 1. The maximum Gasteiger partial charge on any atom is 0.223 e. The van der Waals surface area contributed by atoms with Crippen LogP contribution in [0.3, 0.4) is 0 Å². The average molecular weight is 523 g/mol. The van der Waals surface area contributed by atoms with E-state index in [2.05, 4.69) is 17.2 Å². The molecule has 9 heteroatoms. The van der Waals surface area contributed by atoms with Crippen LogP contribution in [-0.2, 0) is 20.9 Å². The molecule has 0 bridgehead atoms. The summed E-state index contributed by atoms with van der Waals surface area (Å²) in [6, 6.07) is -0.331. The van der Waals surface area contributed by atoms with Crippen molar-refractivity contribution in [1.82, 2.24) is 10.3 Å². The summed E-state index contributed by atoms with van der Waals surface area (Å²) in [5, 5.41) is 36.6. The molecular formula is C27H42N2O6S. The maximum absolute atomic E-state index is 13.2. The molecule has 0 spiro atoms. The van der Waals surface area contributed by atoms with Crippen LogP contribution in [0.5, 0.6) is 0 Å². The van der Waals surface area contributed by atoms with Gasteiger partial charge in [-0.2, -0.15) is 0 Å². The van der Waals surface area contributed by atoms with E-state index in [0.717, 1.165) is 30.5 Å². The van der Waals surface area contributed by atoms with Gasteiger partial charge < -0.3 is 25.4 Å². The van der Waals surface area contributed by atoms with Crippen molar-refractivity contribution in [3.63, 3.8) is 0 Å². The molecule has 1 aromatic rings. The fraction of sp³-hybridized carbons (Fsp3) is 0.741. The lowest BCUT2D eigenvalue weighted by Gasteiger charge is -2.34. The summed E-state index contributed by atoms with van der Waals surface area (Å²) in [4.78, 5) is 30.7. The molecule has 7 atom stereocenters. The molecule has 2 aliphatic heterocycles. The number of ether oxygens (including phenoxy) is 1. The first-order valence-electron chi connectivity index (χ1n) is 12.9. The fourth-order valence-corrected chi connectivity index (χ4v) is 5.82. The van der Waals surface area contributed by atoms with Crippen LogP contribution in [0, 0.1) is 17.3 Å². The van der Waals surface area contributed by atoms with Crippen molar-refractivity contribution in [3.8, 4) is 0 Å². The van der Waals surface area contributed by atoms with Crippen molar-refractivity contribution in [2.24, 2.45) is 17.3 Å². The number of carbonyl (C=O) groups excluding carboxylic acids is 2. The molecule has 4 N–H and O–H groups in total. The molecule has 3 rings (SSSR count). The number of ketones is 1. The van der Waals surface area contributed by atoms with Crippen molar-refractivity contribution in [3.05, 3.63) is 21.7 Å². The maximum atomic E-state index is 13.2. The highest BCUT2D eigenvalue weighted by atomic mass is 32.1. The van der Waals surface area contributed by atoms with Crippen LogP contribution in [0.2, 0.25) is 0 Å². The number of carbonyl (C=O) groups is 2. The number of amides is 1. The molecule has 1 aromatic heterocycles. The lowest BCUT2D eigenvalue weighted by atomic mass is 9.72. The second-order valence-corrected chi connectivity index (χ2v) is 12.4. The van der Waals surface area contributed by atoms with Crippen LogP contribution in [0.4, 0.5) is 0 Å². The summed E-state index contributed by atoms with van der Waals surface area (Å²) >= 11 is 1.37. The molecule has 36 heavy (non-hydrogen) atoms. The summed E-state index contributed by atoms with van der Waals surface area (Å²) in [7, 11) is 0. The summed E-state index contributed by atoms with van der Waals surface area (Å²) in [6.45, 7) is 10.8. The van der Waals surface area contributed by atoms with Gasteiger partial charge in [-0.3, -0.25) is 9.59 Å². The summed E-state index contributed by atoms with van der Waals surface area (Å²) in [5.74, 6) is -1.33. The van der Waals surface area contributed by atoms with Gasteiger partial charge in [-0.25, -0.2) is 4.98 Å². The first-order valence-corrected chi connectivity index (χ1v) is 13.8. The van der Waals surface area contributed by atoms with Crippen LogP contribution in [0.15, 0.2) is 11.0 Å². The van der Waals surface area contributed by atoms with Gasteiger partial charge in [0.2, 0.25) is 5.91 Å². The average Bonchev–Trinajstić information content (AvgIpc) is 3.23. The molecule has 2 fully saturated rings. The number of rotatable bonds is 3. The molecule has 0 saturated carbocycles. The first kappa shape index (κ1) is 28.9. The minimum atomic E-state index is -1.19. The van der Waals surface area contributed by atoms with Gasteiger partial charge in [0, 0.05) is 17.7 Å². The normalized spacial score (nSPS) is 36.8. The minimum absolute atomic E-state index is 0.0235. The summed E-state index contributed by atoms with van der Waals surface area (Å²) in [5.41, 5.74) is 0.135. The molecule has 2 saturated heterocycles. The number of epoxide rings is 1. The molecule has 0 aromatic carbocycles. The van der Waals surface area contributed by atoms with Gasteiger partial charge >= 0.3 is 0 Å². The summed E-state index contributed by atoms with van der Waals surface area (Å²) < 4.78 is 6.08. The first-order chi connectivity index (χ1) is 16.8. The van der Waals surface area contributed by atoms with Crippen LogP contribution >= 0.6 is 11.3 Å². The molecule has 8 nitrogen and oxygen atoms in total. The van der Waals surface area contributed by atoms with E-state index in [1.54, 1.807) is 20.8 Å². The van der Waals surface area contributed by atoms with Gasteiger partial charge in [0.1, 0.15) is 10.8 Å². The predicted molar refractivity (Wildman–Crippen MR) is 139 cm³/mol.